The molecule has 0 aliphatic heterocycles. The first kappa shape index (κ1) is 14.2. The molecule has 0 aliphatic carbocycles. The summed E-state index contributed by atoms with van der Waals surface area (Å²) in [5, 5.41) is 13.2. The van der Waals surface area contributed by atoms with E-state index in [9.17, 15) is 0 Å². The average Bonchev–Trinajstić information content (AvgIpc) is 3.03. The van der Waals surface area contributed by atoms with Crippen LogP contribution in [0.25, 0.3) is 11.3 Å². The van der Waals surface area contributed by atoms with Crippen LogP contribution in [0.15, 0.2) is 59.1 Å². The summed E-state index contributed by atoms with van der Waals surface area (Å²) >= 11 is 6.05. The molecule has 0 aliphatic rings. The summed E-state index contributed by atoms with van der Waals surface area (Å²) in [5.41, 5.74) is 2.22. The lowest BCUT2D eigenvalue weighted by atomic mass is 10.1. The van der Waals surface area contributed by atoms with Gasteiger partial charge >= 0.3 is 0 Å². The van der Waals surface area contributed by atoms with Crippen molar-refractivity contribution >= 4 is 11.6 Å². The van der Waals surface area contributed by atoms with Crippen LogP contribution in [0.3, 0.4) is 0 Å². The van der Waals surface area contributed by atoms with Gasteiger partial charge in [0.05, 0.1) is 16.7 Å². The highest BCUT2D eigenvalue weighted by atomic mass is 35.5. The standard InChI is InChI=1S/C17H11ClN2O2/c18-15-8-12(10-19)6-7-17(15)21-11-14-9-16(20-22-14)13-4-2-1-3-5-13/h1-9H,11H2. The van der Waals surface area contributed by atoms with Gasteiger partial charge in [-0.1, -0.05) is 47.1 Å². The number of halogens is 1. The van der Waals surface area contributed by atoms with E-state index < -0.39 is 0 Å². The Morgan fingerprint density at radius 1 is 1.14 bits per heavy atom. The van der Waals surface area contributed by atoms with Crippen LogP contribution in [0.5, 0.6) is 5.75 Å². The number of benzene rings is 2. The Morgan fingerprint density at radius 3 is 2.68 bits per heavy atom. The topological polar surface area (TPSA) is 59.0 Å². The monoisotopic (exact) mass is 310 g/mol. The molecule has 0 spiro atoms. The number of nitrogens with zero attached hydrogens (tertiary/aromatic N) is 2. The molecule has 0 amide bonds. The molecule has 108 valence electrons. The second-order valence-electron chi connectivity index (χ2n) is 4.59. The zero-order chi connectivity index (χ0) is 15.4. The van der Waals surface area contributed by atoms with Gasteiger partial charge in [-0.3, -0.25) is 0 Å². The van der Waals surface area contributed by atoms with Crippen LogP contribution in [0.2, 0.25) is 5.02 Å². The summed E-state index contributed by atoms with van der Waals surface area (Å²) in [7, 11) is 0. The highest BCUT2D eigenvalue weighted by molar-refractivity contribution is 6.32. The molecule has 1 heterocycles. The van der Waals surface area contributed by atoms with E-state index >= 15 is 0 Å². The van der Waals surface area contributed by atoms with Crippen LogP contribution in [-0.2, 0) is 6.61 Å². The average molecular weight is 311 g/mol. The van der Waals surface area contributed by atoms with Crippen molar-refractivity contribution in [2.24, 2.45) is 0 Å². The number of hydrogen-bond donors (Lipinski definition) is 0. The van der Waals surface area contributed by atoms with E-state index in [4.69, 9.17) is 26.1 Å². The molecule has 3 rings (SSSR count). The Bertz CT molecular complexity index is 822. The van der Waals surface area contributed by atoms with Crippen LogP contribution in [0, 0.1) is 11.3 Å². The molecule has 0 unspecified atom stereocenters. The van der Waals surface area contributed by atoms with Crippen molar-refractivity contribution in [1.29, 1.82) is 5.26 Å². The van der Waals surface area contributed by atoms with Crippen LogP contribution >= 0.6 is 11.6 Å². The van der Waals surface area contributed by atoms with Gasteiger partial charge in [-0.2, -0.15) is 5.26 Å². The lowest BCUT2D eigenvalue weighted by Crippen LogP contribution is -1.94. The van der Waals surface area contributed by atoms with E-state index in [0.717, 1.165) is 11.3 Å². The predicted octanol–water partition coefficient (Wildman–Crippen LogP) is 4.45. The molecule has 0 fully saturated rings. The van der Waals surface area contributed by atoms with Crippen molar-refractivity contribution < 1.29 is 9.26 Å². The van der Waals surface area contributed by atoms with Crippen molar-refractivity contribution in [2.75, 3.05) is 0 Å². The molecule has 2 aromatic carbocycles. The predicted molar refractivity (Wildman–Crippen MR) is 82.4 cm³/mol. The fourth-order valence-electron chi connectivity index (χ4n) is 1.96. The molecule has 5 heteroatoms. The molecule has 1 aromatic heterocycles. The number of aromatic nitrogens is 1. The summed E-state index contributed by atoms with van der Waals surface area (Å²) in [6, 6.07) is 18.5. The molecular weight excluding hydrogens is 300 g/mol. The third-order valence-electron chi connectivity index (χ3n) is 3.06. The van der Waals surface area contributed by atoms with Gasteiger partial charge in [0.2, 0.25) is 0 Å². The number of nitriles is 1. The lowest BCUT2D eigenvalue weighted by molar-refractivity contribution is 0.250. The first-order chi connectivity index (χ1) is 10.8. The minimum atomic E-state index is 0.214. The maximum absolute atomic E-state index is 8.80. The van der Waals surface area contributed by atoms with Crippen LogP contribution in [-0.4, -0.2) is 5.16 Å². The van der Waals surface area contributed by atoms with Crippen molar-refractivity contribution in [3.05, 3.63) is 70.9 Å². The molecule has 3 aromatic rings. The number of hydrogen-bond acceptors (Lipinski definition) is 4. The summed E-state index contributed by atoms with van der Waals surface area (Å²) in [6.45, 7) is 0.214. The highest BCUT2D eigenvalue weighted by Gasteiger charge is 2.08. The van der Waals surface area contributed by atoms with Crippen LogP contribution < -0.4 is 4.74 Å². The van der Waals surface area contributed by atoms with Crippen molar-refractivity contribution in [3.8, 4) is 23.1 Å². The van der Waals surface area contributed by atoms with Crippen molar-refractivity contribution in [1.82, 2.24) is 5.16 Å². The van der Waals surface area contributed by atoms with E-state index in [1.807, 2.05) is 42.5 Å². The molecular formula is C17H11ClN2O2. The molecule has 0 atom stereocenters. The summed E-state index contributed by atoms with van der Waals surface area (Å²) in [5.74, 6) is 1.10. The van der Waals surface area contributed by atoms with Gasteiger partial charge in [-0.05, 0) is 18.2 Å². The van der Waals surface area contributed by atoms with Gasteiger partial charge in [0.25, 0.3) is 0 Å². The van der Waals surface area contributed by atoms with Gasteiger partial charge < -0.3 is 9.26 Å². The maximum atomic E-state index is 8.80. The fourth-order valence-corrected chi connectivity index (χ4v) is 2.20. The Morgan fingerprint density at radius 2 is 1.95 bits per heavy atom. The Balaban J connectivity index is 1.70. The first-order valence-electron chi connectivity index (χ1n) is 6.60. The molecule has 0 bridgehead atoms. The summed E-state index contributed by atoms with van der Waals surface area (Å²) in [4.78, 5) is 0. The second-order valence-corrected chi connectivity index (χ2v) is 5.00. The fraction of sp³-hybridized carbons (Fsp3) is 0.0588. The molecule has 0 radical (unpaired) electrons. The summed E-state index contributed by atoms with van der Waals surface area (Å²) in [6.07, 6.45) is 0. The van der Waals surface area contributed by atoms with E-state index in [0.29, 0.717) is 22.1 Å². The Labute approximate surface area is 132 Å². The van der Waals surface area contributed by atoms with Gasteiger partial charge in [0.15, 0.2) is 5.76 Å². The molecule has 22 heavy (non-hydrogen) atoms. The van der Waals surface area contributed by atoms with E-state index in [1.165, 1.54) is 0 Å². The highest BCUT2D eigenvalue weighted by Crippen LogP contribution is 2.26. The second kappa shape index (κ2) is 6.33. The third kappa shape index (κ3) is 3.11. The Hall–Kier alpha value is -2.77. The van der Waals surface area contributed by atoms with Crippen molar-refractivity contribution in [2.45, 2.75) is 6.61 Å². The van der Waals surface area contributed by atoms with Crippen LogP contribution in [0.4, 0.5) is 0 Å². The Kier molecular flexibility index (Phi) is 4.08. The van der Waals surface area contributed by atoms with Crippen molar-refractivity contribution in [3.63, 3.8) is 0 Å². The quantitative estimate of drug-likeness (QED) is 0.714. The minimum Gasteiger partial charge on any atom is -0.484 e. The van der Waals surface area contributed by atoms with Gasteiger partial charge in [0.1, 0.15) is 18.1 Å². The number of rotatable bonds is 4. The molecule has 0 saturated heterocycles. The zero-order valence-electron chi connectivity index (χ0n) is 11.5. The first-order valence-corrected chi connectivity index (χ1v) is 6.97. The smallest absolute Gasteiger partial charge is 0.174 e. The molecule has 0 N–H and O–H groups in total. The normalized spacial score (nSPS) is 10.2. The number of ether oxygens (including phenoxy) is 1. The molecule has 4 nitrogen and oxygen atoms in total. The van der Waals surface area contributed by atoms with Gasteiger partial charge in [-0.15, -0.1) is 0 Å². The lowest BCUT2D eigenvalue weighted by Gasteiger charge is -2.05. The van der Waals surface area contributed by atoms with Gasteiger partial charge in [-0.25, -0.2) is 0 Å². The van der Waals surface area contributed by atoms with E-state index in [-0.39, 0.29) is 6.61 Å². The molecule has 0 saturated carbocycles. The van der Waals surface area contributed by atoms with E-state index in [2.05, 4.69) is 5.16 Å². The third-order valence-corrected chi connectivity index (χ3v) is 3.35. The van der Waals surface area contributed by atoms with E-state index in [1.54, 1.807) is 18.2 Å². The van der Waals surface area contributed by atoms with Gasteiger partial charge in [0, 0.05) is 11.6 Å². The van der Waals surface area contributed by atoms with Crippen LogP contribution in [0.1, 0.15) is 11.3 Å². The minimum absolute atomic E-state index is 0.214. The summed E-state index contributed by atoms with van der Waals surface area (Å²) < 4.78 is 10.9. The zero-order valence-corrected chi connectivity index (χ0v) is 12.2. The maximum Gasteiger partial charge on any atom is 0.174 e. The SMILES string of the molecule is N#Cc1ccc(OCc2cc(-c3ccccc3)no2)c(Cl)c1. The largest absolute Gasteiger partial charge is 0.484 e.